The van der Waals surface area contributed by atoms with Crippen LogP contribution in [0.3, 0.4) is 0 Å². The molecule has 2 saturated carbocycles. The van der Waals surface area contributed by atoms with Crippen molar-refractivity contribution in [1.82, 2.24) is 15.1 Å². The molecule has 2 atom stereocenters. The van der Waals surface area contributed by atoms with Gasteiger partial charge in [0, 0.05) is 12.1 Å². The third kappa shape index (κ3) is 4.18. The average molecular weight is 278 g/mol. The highest BCUT2D eigenvalue weighted by Gasteiger charge is 2.44. The van der Waals surface area contributed by atoms with E-state index in [1.165, 1.54) is 25.7 Å². The first-order chi connectivity index (χ1) is 9.58. The van der Waals surface area contributed by atoms with Crippen molar-refractivity contribution in [3.05, 3.63) is 0 Å². The minimum atomic E-state index is -0.235. The van der Waals surface area contributed by atoms with Crippen LogP contribution in [0.25, 0.3) is 0 Å². The maximum absolute atomic E-state index is 9.58. The molecule has 0 aromatic carbocycles. The molecule has 0 amide bonds. The summed E-state index contributed by atoms with van der Waals surface area (Å²) in [4.78, 5) is 4.83. The van der Waals surface area contributed by atoms with E-state index in [0.717, 1.165) is 32.5 Å². The van der Waals surface area contributed by atoms with Gasteiger partial charge in [-0.1, -0.05) is 6.92 Å². The maximum Gasteiger partial charge on any atom is 0.108 e. The normalized spacial score (nSPS) is 30.1. The summed E-state index contributed by atoms with van der Waals surface area (Å²) in [7, 11) is 4.26. The lowest BCUT2D eigenvalue weighted by Gasteiger charge is -2.30. The predicted molar refractivity (Wildman–Crippen MR) is 82.6 cm³/mol. The fraction of sp³-hybridized carbons (Fsp3) is 0.938. The van der Waals surface area contributed by atoms with E-state index in [9.17, 15) is 5.26 Å². The molecule has 0 bridgehead atoms. The highest BCUT2D eigenvalue weighted by atomic mass is 15.2. The van der Waals surface area contributed by atoms with Crippen LogP contribution >= 0.6 is 0 Å². The van der Waals surface area contributed by atoms with Crippen molar-refractivity contribution < 1.29 is 0 Å². The highest BCUT2D eigenvalue weighted by molar-refractivity contribution is 5.15. The van der Waals surface area contributed by atoms with Gasteiger partial charge in [-0.05, 0) is 72.3 Å². The molecule has 0 heterocycles. The molecule has 20 heavy (non-hydrogen) atoms. The molecule has 0 saturated heterocycles. The molecular formula is C16H30N4. The summed E-state index contributed by atoms with van der Waals surface area (Å²) in [6.07, 6.45) is 6.93. The molecule has 0 spiro atoms. The van der Waals surface area contributed by atoms with Gasteiger partial charge in [0.25, 0.3) is 0 Å². The van der Waals surface area contributed by atoms with Crippen molar-refractivity contribution >= 4 is 0 Å². The summed E-state index contributed by atoms with van der Waals surface area (Å²) in [5.74, 6) is 0. The molecule has 1 N–H and O–H groups in total. The first-order valence-electron chi connectivity index (χ1n) is 8.16. The number of hydrogen-bond acceptors (Lipinski definition) is 4. The Morgan fingerprint density at radius 2 is 2.00 bits per heavy atom. The van der Waals surface area contributed by atoms with E-state index in [1.807, 2.05) is 0 Å². The molecule has 2 aliphatic carbocycles. The fourth-order valence-corrected chi connectivity index (χ4v) is 3.40. The molecule has 114 valence electrons. The Hall–Kier alpha value is -0.630. The maximum atomic E-state index is 9.58. The molecule has 0 radical (unpaired) electrons. The van der Waals surface area contributed by atoms with Crippen LogP contribution in [0.2, 0.25) is 0 Å². The van der Waals surface area contributed by atoms with Crippen molar-refractivity contribution in [1.29, 1.82) is 5.26 Å². The second-order valence-electron chi connectivity index (χ2n) is 6.79. The summed E-state index contributed by atoms with van der Waals surface area (Å²) in [6, 6.07) is 3.80. The second-order valence-corrected chi connectivity index (χ2v) is 6.79. The van der Waals surface area contributed by atoms with E-state index in [4.69, 9.17) is 0 Å². The largest absolute Gasteiger partial charge is 0.309 e. The van der Waals surface area contributed by atoms with E-state index >= 15 is 0 Å². The summed E-state index contributed by atoms with van der Waals surface area (Å²) >= 11 is 0. The first kappa shape index (κ1) is 15.8. The first-order valence-corrected chi connectivity index (χ1v) is 8.16. The number of nitrogens with zero attached hydrogens (tertiary/aromatic N) is 3. The highest BCUT2D eigenvalue weighted by Crippen LogP contribution is 2.35. The quantitative estimate of drug-likeness (QED) is 0.735. The van der Waals surface area contributed by atoms with Gasteiger partial charge in [0.1, 0.15) is 5.54 Å². The van der Waals surface area contributed by atoms with Crippen molar-refractivity contribution in [2.75, 3.05) is 33.7 Å². The van der Waals surface area contributed by atoms with Gasteiger partial charge in [-0.3, -0.25) is 5.32 Å². The van der Waals surface area contributed by atoms with Crippen molar-refractivity contribution in [3.63, 3.8) is 0 Å². The number of hydrogen-bond donors (Lipinski definition) is 1. The average Bonchev–Trinajstić information content (AvgIpc) is 3.13. The molecule has 4 heteroatoms. The summed E-state index contributed by atoms with van der Waals surface area (Å²) in [5.41, 5.74) is -0.235. The van der Waals surface area contributed by atoms with Gasteiger partial charge >= 0.3 is 0 Å². The molecule has 2 unspecified atom stereocenters. The molecule has 0 aromatic heterocycles. The van der Waals surface area contributed by atoms with Crippen LogP contribution in [0.15, 0.2) is 0 Å². The van der Waals surface area contributed by atoms with Crippen molar-refractivity contribution in [2.45, 2.75) is 63.1 Å². The zero-order valence-electron chi connectivity index (χ0n) is 13.4. The van der Waals surface area contributed by atoms with Gasteiger partial charge in [-0.15, -0.1) is 0 Å². The van der Waals surface area contributed by atoms with E-state index in [0.29, 0.717) is 12.1 Å². The summed E-state index contributed by atoms with van der Waals surface area (Å²) < 4.78 is 0. The van der Waals surface area contributed by atoms with E-state index in [-0.39, 0.29) is 5.54 Å². The SMILES string of the molecule is CCN(CCCN(C)C)C1CCC(C#N)(NC2CC2)C1. The van der Waals surface area contributed by atoms with E-state index < -0.39 is 0 Å². The lowest BCUT2D eigenvalue weighted by Crippen LogP contribution is -2.45. The van der Waals surface area contributed by atoms with Crippen LogP contribution in [0, 0.1) is 11.3 Å². The Bertz CT molecular complexity index is 345. The number of rotatable bonds is 8. The third-order valence-electron chi connectivity index (χ3n) is 4.73. The second kappa shape index (κ2) is 6.89. The molecule has 2 rings (SSSR count). The predicted octanol–water partition coefficient (Wildman–Crippen LogP) is 1.83. The summed E-state index contributed by atoms with van der Waals surface area (Å²) in [6.45, 7) is 5.65. The monoisotopic (exact) mass is 278 g/mol. The van der Waals surface area contributed by atoms with Gasteiger partial charge in [0.15, 0.2) is 0 Å². The van der Waals surface area contributed by atoms with Crippen LogP contribution in [0.5, 0.6) is 0 Å². The third-order valence-corrected chi connectivity index (χ3v) is 4.73. The van der Waals surface area contributed by atoms with Gasteiger partial charge < -0.3 is 9.80 Å². The van der Waals surface area contributed by atoms with Crippen LogP contribution in [-0.2, 0) is 0 Å². The van der Waals surface area contributed by atoms with Crippen LogP contribution in [0.4, 0.5) is 0 Å². The number of nitriles is 1. The Labute approximate surface area is 124 Å². The van der Waals surface area contributed by atoms with Crippen LogP contribution in [0.1, 0.15) is 45.4 Å². The summed E-state index contributed by atoms with van der Waals surface area (Å²) in [5, 5.41) is 13.2. The molecule has 0 aliphatic heterocycles. The van der Waals surface area contributed by atoms with Crippen molar-refractivity contribution in [3.8, 4) is 6.07 Å². The minimum Gasteiger partial charge on any atom is -0.309 e. The van der Waals surface area contributed by atoms with Gasteiger partial charge in [-0.25, -0.2) is 0 Å². The van der Waals surface area contributed by atoms with Gasteiger partial charge in [0.05, 0.1) is 6.07 Å². The van der Waals surface area contributed by atoms with E-state index in [1.54, 1.807) is 0 Å². The smallest absolute Gasteiger partial charge is 0.108 e. The molecule has 2 aliphatic rings. The lowest BCUT2D eigenvalue weighted by molar-refractivity contribution is 0.192. The Kier molecular flexibility index (Phi) is 5.42. The van der Waals surface area contributed by atoms with Crippen molar-refractivity contribution in [2.24, 2.45) is 0 Å². The molecule has 0 aromatic rings. The Balaban J connectivity index is 1.83. The fourth-order valence-electron chi connectivity index (χ4n) is 3.40. The standard InChI is InChI=1S/C16H30N4/c1-4-20(11-5-10-19(2)3)15-8-9-16(12-15,13-17)18-14-6-7-14/h14-15,18H,4-12H2,1-3H3. The lowest BCUT2D eigenvalue weighted by atomic mass is 9.99. The van der Waals surface area contributed by atoms with Gasteiger partial charge in [-0.2, -0.15) is 5.26 Å². The zero-order chi connectivity index (χ0) is 14.6. The molecule has 4 nitrogen and oxygen atoms in total. The zero-order valence-corrected chi connectivity index (χ0v) is 13.4. The Morgan fingerprint density at radius 3 is 2.55 bits per heavy atom. The van der Waals surface area contributed by atoms with Crippen LogP contribution in [-0.4, -0.2) is 61.2 Å². The van der Waals surface area contributed by atoms with Crippen LogP contribution < -0.4 is 5.32 Å². The molecular weight excluding hydrogens is 248 g/mol. The number of nitrogens with one attached hydrogen (secondary N) is 1. The minimum absolute atomic E-state index is 0.235. The Morgan fingerprint density at radius 1 is 1.25 bits per heavy atom. The topological polar surface area (TPSA) is 42.3 Å². The van der Waals surface area contributed by atoms with Gasteiger partial charge in [0.2, 0.25) is 0 Å². The molecule has 2 fully saturated rings. The van der Waals surface area contributed by atoms with E-state index in [2.05, 4.69) is 42.2 Å².